The van der Waals surface area contributed by atoms with Gasteiger partial charge < -0.3 is 14.9 Å². The molecule has 1 aliphatic rings. The normalized spacial score (nSPS) is 18.9. The average Bonchev–Trinajstić information content (AvgIpc) is 2.97. The topological polar surface area (TPSA) is 60.9 Å². The number of carboxylic acids is 1. The van der Waals surface area contributed by atoms with E-state index < -0.39 is 11.9 Å². The Hall–Kier alpha value is -1.56. The summed E-state index contributed by atoms with van der Waals surface area (Å²) in [6.07, 6.45) is 1.43. The zero-order valence-electron chi connectivity index (χ0n) is 11.6. The first-order valence-electron chi connectivity index (χ1n) is 6.90. The number of thiophene rings is 1. The van der Waals surface area contributed by atoms with E-state index >= 15 is 0 Å². The molecule has 1 aromatic heterocycles. The Bertz CT molecular complexity index is 461. The van der Waals surface area contributed by atoms with Crippen LogP contribution < -0.4 is 0 Å². The molecule has 2 rings (SSSR count). The predicted molar refractivity (Wildman–Crippen MR) is 77.7 cm³/mol. The van der Waals surface area contributed by atoms with Crippen LogP contribution in [0.5, 0.6) is 0 Å². The first kappa shape index (κ1) is 14.8. The van der Waals surface area contributed by atoms with Crippen LogP contribution in [-0.2, 0) is 11.3 Å². The number of rotatable bonds is 4. The molecule has 1 N–H and O–H groups in total. The van der Waals surface area contributed by atoms with Crippen LogP contribution in [0.3, 0.4) is 0 Å². The molecular weight excluding hydrogens is 276 g/mol. The summed E-state index contributed by atoms with van der Waals surface area (Å²) >= 11 is 1.63. The highest BCUT2D eigenvalue weighted by atomic mass is 32.1. The molecule has 0 saturated carbocycles. The second-order valence-electron chi connectivity index (χ2n) is 5.00. The third-order valence-electron chi connectivity index (χ3n) is 3.62. The van der Waals surface area contributed by atoms with E-state index in [-0.39, 0.29) is 6.03 Å². The smallest absolute Gasteiger partial charge is 0.320 e. The molecule has 20 heavy (non-hydrogen) atoms. The van der Waals surface area contributed by atoms with Gasteiger partial charge in [0.15, 0.2) is 0 Å². The van der Waals surface area contributed by atoms with Gasteiger partial charge in [0.2, 0.25) is 0 Å². The highest BCUT2D eigenvalue weighted by Crippen LogP contribution is 2.19. The van der Waals surface area contributed by atoms with Crippen molar-refractivity contribution in [2.45, 2.75) is 26.3 Å². The Kier molecular flexibility index (Phi) is 5.00. The molecule has 5 nitrogen and oxygen atoms in total. The number of aliphatic carboxylic acids is 1. The molecule has 6 heteroatoms. The molecule has 1 aromatic rings. The monoisotopic (exact) mass is 296 g/mol. The summed E-state index contributed by atoms with van der Waals surface area (Å²) in [5.41, 5.74) is 0. The van der Waals surface area contributed by atoms with E-state index in [1.807, 2.05) is 24.4 Å². The van der Waals surface area contributed by atoms with E-state index in [0.717, 1.165) is 11.3 Å². The number of carbonyl (C=O) groups excluding carboxylic acids is 1. The third kappa shape index (κ3) is 3.50. The maximum absolute atomic E-state index is 12.5. The van der Waals surface area contributed by atoms with Gasteiger partial charge in [0.25, 0.3) is 0 Å². The Morgan fingerprint density at radius 1 is 1.55 bits per heavy atom. The number of likely N-dealkylation sites (tertiary alicyclic amines) is 1. The number of urea groups is 1. The lowest BCUT2D eigenvalue weighted by atomic mass is 9.99. The molecule has 0 spiro atoms. The zero-order valence-corrected chi connectivity index (χ0v) is 12.4. The summed E-state index contributed by atoms with van der Waals surface area (Å²) < 4.78 is 0. The summed E-state index contributed by atoms with van der Waals surface area (Å²) in [5.74, 6) is -1.23. The van der Waals surface area contributed by atoms with Gasteiger partial charge in [-0.15, -0.1) is 11.3 Å². The summed E-state index contributed by atoms with van der Waals surface area (Å²) in [7, 11) is 0. The minimum Gasteiger partial charge on any atom is -0.481 e. The highest BCUT2D eigenvalue weighted by molar-refractivity contribution is 7.09. The first-order valence-corrected chi connectivity index (χ1v) is 7.78. The van der Waals surface area contributed by atoms with Crippen molar-refractivity contribution in [3.05, 3.63) is 22.4 Å². The fraction of sp³-hybridized carbons (Fsp3) is 0.571. The van der Waals surface area contributed by atoms with Gasteiger partial charge in [-0.1, -0.05) is 6.07 Å². The summed E-state index contributed by atoms with van der Waals surface area (Å²) in [4.78, 5) is 28.2. The second-order valence-corrected chi connectivity index (χ2v) is 6.03. The molecular formula is C14H20N2O3S. The number of hydrogen-bond acceptors (Lipinski definition) is 3. The van der Waals surface area contributed by atoms with Crippen LogP contribution in [-0.4, -0.2) is 46.5 Å². The Balaban J connectivity index is 1.98. The summed E-state index contributed by atoms with van der Waals surface area (Å²) in [5, 5.41) is 11.1. The van der Waals surface area contributed by atoms with Crippen molar-refractivity contribution < 1.29 is 14.7 Å². The number of piperidine rings is 1. The van der Waals surface area contributed by atoms with Crippen molar-refractivity contribution in [3.63, 3.8) is 0 Å². The largest absolute Gasteiger partial charge is 0.481 e. The average molecular weight is 296 g/mol. The lowest BCUT2D eigenvalue weighted by molar-refractivity contribution is -0.143. The van der Waals surface area contributed by atoms with Gasteiger partial charge >= 0.3 is 12.0 Å². The first-order chi connectivity index (χ1) is 9.61. The Morgan fingerprint density at radius 3 is 2.95 bits per heavy atom. The predicted octanol–water partition coefficient (Wildman–Crippen LogP) is 2.49. The molecule has 1 saturated heterocycles. The van der Waals surface area contributed by atoms with E-state index in [0.29, 0.717) is 32.6 Å². The molecule has 2 heterocycles. The van der Waals surface area contributed by atoms with Gasteiger partial charge in [-0.3, -0.25) is 4.79 Å². The molecule has 1 aliphatic heterocycles. The number of amides is 2. The second kappa shape index (κ2) is 6.74. The molecule has 0 radical (unpaired) electrons. The zero-order chi connectivity index (χ0) is 14.5. The number of carboxylic acid groups (broad SMARTS) is 1. The maximum Gasteiger partial charge on any atom is 0.320 e. The van der Waals surface area contributed by atoms with E-state index in [9.17, 15) is 9.59 Å². The lowest BCUT2D eigenvalue weighted by Crippen LogP contribution is -2.48. The molecule has 1 fully saturated rings. The van der Waals surface area contributed by atoms with Gasteiger partial charge in [0.05, 0.1) is 12.5 Å². The molecule has 0 aliphatic carbocycles. The van der Waals surface area contributed by atoms with Crippen molar-refractivity contribution in [3.8, 4) is 0 Å². The molecule has 2 amide bonds. The summed E-state index contributed by atoms with van der Waals surface area (Å²) in [6.45, 7) is 4.16. The Morgan fingerprint density at radius 2 is 2.35 bits per heavy atom. The number of carbonyl (C=O) groups is 2. The van der Waals surface area contributed by atoms with E-state index in [1.54, 1.807) is 21.1 Å². The fourth-order valence-corrected chi connectivity index (χ4v) is 3.18. The lowest BCUT2D eigenvalue weighted by Gasteiger charge is -2.34. The SMILES string of the molecule is CCN(Cc1cccs1)C(=O)N1CCCC(C(=O)O)C1. The highest BCUT2D eigenvalue weighted by Gasteiger charge is 2.30. The van der Waals surface area contributed by atoms with Crippen LogP contribution >= 0.6 is 11.3 Å². The van der Waals surface area contributed by atoms with Crippen molar-refractivity contribution in [1.29, 1.82) is 0 Å². The van der Waals surface area contributed by atoms with Crippen molar-refractivity contribution in [2.24, 2.45) is 5.92 Å². The molecule has 1 atom stereocenters. The van der Waals surface area contributed by atoms with Crippen LogP contribution in [0.25, 0.3) is 0 Å². The number of nitrogens with zero attached hydrogens (tertiary/aromatic N) is 2. The standard InChI is InChI=1S/C14H20N2O3S/c1-2-15(10-12-6-4-8-20-12)14(19)16-7-3-5-11(9-16)13(17)18/h4,6,8,11H,2-3,5,7,9-10H2,1H3,(H,17,18). The third-order valence-corrected chi connectivity index (χ3v) is 4.48. The number of hydrogen-bond donors (Lipinski definition) is 1. The van der Waals surface area contributed by atoms with Crippen LogP contribution in [0, 0.1) is 5.92 Å². The quantitative estimate of drug-likeness (QED) is 0.928. The van der Waals surface area contributed by atoms with Gasteiger partial charge in [-0.05, 0) is 31.2 Å². The van der Waals surface area contributed by atoms with Crippen LogP contribution in [0.15, 0.2) is 17.5 Å². The minimum absolute atomic E-state index is 0.0492. The molecule has 1 unspecified atom stereocenters. The fourth-order valence-electron chi connectivity index (χ4n) is 2.46. The van der Waals surface area contributed by atoms with Gasteiger partial charge in [0, 0.05) is 24.5 Å². The molecule has 0 aromatic carbocycles. The van der Waals surface area contributed by atoms with Crippen LogP contribution in [0.4, 0.5) is 4.79 Å². The van der Waals surface area contributed by atoms with Gasteiger partial charge in [0.1, 0.15) is 0 Å². The van der Waals surface area contributed by atoms with E-state index in [2.05, 4.69) is 0 Å². The van der Waals surface area contributed by atoms with E-state index in [1.165, 1.54) is 0 Å². The minimum atomic E-state index is -0.802. The Labute approximate surface area is 122 Å². The van der Waals surface area contributed by atoms with Crippen molar-refractivity contribution >= 4 is 23.3 Å². The molecule has 110 valence electrons. The van der Waals surface area contributed by atoms with Gasteiger partial charge in [-0.25, -0.2) is 4.79 Å². The van der Waals surface area contributed by atoms with Crippen molar-refractivity contribution in [1.82, 2.24) is 9.80 Å². The van der Waals surface area contributed by atoms with Gasteiger partial charge in [-0.2, -0.15) is 0 Å². The molecule has 0 bridgehead atoms. The van der Waals surface area contributed by atoms with Crippen LogP contribution in [0.1, 0.15) is 24.6 Å². The van der Waals surface area contributed by atoms with E-state index in [4.69, 9.17) is 5.11 Å². The maximum atomic E-state index is 12.5. The van der Waals surface area contributed by atoms with Crippen molar-refractivity contribution in [2.75, 3.05) is 19.6 Å². The van der Waals surface area contributed by atoms with Crippen LogP contribution in [0.2, 0.25) is 0 Å². The summed E-state index contributed by atoms with van der Waals surface area (Å²) in [6, 6.07) is 3.93.